The van der Waals surface area contributed by atoms with E-state index in [1.807, 2.05) is 49.9 Å². The van der Waals surface area contributed by atoms with Crippen LogP contribution in [0.4, 0.5) is 11.6 Å². The van der Waals surface area contributed by atoms with Crippen molar-refractivity contribution in [3.63, 3.8) is 0 Å². The third-order valence-electron chi connectivity index (χ3n) is 4.85. The van der Waals surface area contributed by atoms with Crippen molar-refractivity contribution in [3.05, 3.63) is 46.4 Å². The van der Waals surface area contributed by atoms with Gasteiger partial charge in [-0.15, -0.1) is 0 Å². The van der Waals surface area contributed by atoms with Gasteiger partial charge in [0.1, 0.15) is 5.39 Å². The molecule has 0 spiro atoms. The van der Waals surface area contributed by atoms with Crippen LogP contribution in [0.15, 0.2) is 35.3 Å². The second kappa shape index (κ2) is 6.78. The molecule has 0 radical (unpaired) electrons. The van der Waals surface area contributed by atoms with Crippen molar-refractivity contribution in [2.75, 3.05) is 16.8 Å². The molecule has 2 aromatic heterocycles. The van der Waals surface area contributed by atoms with Gasteiger partial charge in [-0.2, -0.15) is 10.1 Å². The summed E-state index contributed by atoms with van der Waals surface area (Å²) in [5, 5.41) is 7.96. The Hall–Kier alpha value is -3.16. The number of hydrogen-bond donors (Lipinski definition) is 2. The van der Waals surface area contributed by atoms with Crippen LogP contribution >= 0.6 is 0 Å². The van der Waals surface area contributed by atoms with Gasteiger partial charge in [0.2, 0.25) is 11.9 Å². The highest BCUT2D eigenvalue weighted by Gasteiger charge is 2.22. The van der Waals surface area contributed by atoms with Gasteiger partial charge in [-0.1, -0.05) is 12.1 Å². The Labute approximate surface area is 162 Å². The van der Waals surface area contributed by atoms with Gasteiger partial charge in [-0.05, 0) is 44.9 Å². The van der Waals surface area contributed by atoms with Crippen LogP contribution in [0.3, 0.4) is 0 Å². The highest BCUT2D eigenvalue weighted by atomic mass is 16.2. The maximum absolute atomic E-state index is 12.3. The van der Waals surface area contributed by atoms with E-state index in [9.17, 15) is 9.59 Å². The van der Waals surface area contributed by atoms with E-state index in [1.54, 1.807) is 10.9 Å². The zero-order valence-corrected chi connectivity index (χ0v) is 16.3. The minimum Gasteiger partial charge on any atom is -0.352 e. The number of aromatic amines is 1. The van der Waals surface area contributed by atoms with Crippen LogP contribution in [0, 0.1) is 0 Å². The third-order valence-corrected chi connectivity index (χ3v) is 4.85. The summed E-state index contributed by atoms with van der Waals surface area (Å²) < 4.78 is 1.75. The molecule has 0 unspecified atom stereocenters. The Balaban J connectivity index is 1.52. The molecule has 28 heavy (non-hydrogen) atoms. The normalized spacial score (nSPS) is 14.8. The topological polar surface area (TPSA) is 95.9 Å². The van der Waals surface area contributed by atoms with Crippen molar-refractivity contribution in [1.29, 1.82) is 0 Å². The summed E-state index contributed by atoms with van der Waals surface area (Å²) in [6.45, 7) is 7.33. The molecule has 3 heterocycles. The lowest BCUT2D eigenvalue weighted by Gasteiger charge is -2.19. The van der Waals surface area contributed by atoms with E-state index in [1.165, 1.54) is 0 Å². The summed E-state index contributed by atoms with van der Waals surface area (Å²) in [5.41, 5.74) is 2.02. The number of anilines is 2. The first-order valence-corrected chi connectivity index (χ1v) is 9.45. The minimum atomic E-state index is -0.275. The first-order chi connectivity index (χ1) is 13.3. The first kappa shape index (κ1) is 18.2. The maximum Gasteiger partial charge on any atom is 0.263 e. The lowest BCUT2D eigenvalue weighted by molar-refractivity contribution is -0.117. The summed E-state index contributed by atoms with van der Waals surface area (Å²) in [6.07, 6.45) is 3.08. The molecule has 8 heteroatoms. The number of aromatic nitrogens is 4. The Morgan fingerprint density at radius 3 is 2.57 bits per heavy atom. The molecule has 146 valence electrons. The molecule has 1 aromatic carbocycles. The van der Waals surface area contributed by atoms with Gasteiger partial charge in [0.25, 0.3) is 5.56 Å². The largest absolute Gasteiger partial charge is 0.352 e. The number of fused-ring (bicyclic) bond motifs is 1. The second-order valence-corrected chi connectivity index (χ2v) is 8.05. The van der Waals surface area contributed by atoms with Gasteiger partial charge < -0.3 is 10.2 Å². The summed E-state index contributed by atoms with van der Waals surface area (Å²) in [6, 6.07) is 7.86. The number of amides is 1. The van der Waals surface area contributed by atoms with Crippen LogP contribution in [0.2, 0.25) is 0 Å². The smallest absolute Gasteiger partial charge is 0.263 e. The molecule has 0 saturated carbocycles. The fraction of sp³-hybridized carbons (Fsp3) is 0.400. The van der Waals surface area contributed by atoms with E-state index >= 15 is 0 Å². The Kier molecular flexibility index (Phi) is 4.41. The van der Waals surface area contributed by atoms with Crippen molar-refractivity contribution in [3.8, 4) is 0 Å². The van der Waals surface area contributed by atoms with E-state index in [0.29, 0.717) is 29.9 Å². The SMILES string of the molecule is CC(C)(C)n1ncc2c(=O)[nH]c(NCc3ccc(N4CCCC4=O)cc3)nc21. The quantitative estimate of drug-likeness (QED) is 0.725. The Bertz CT molecular complexity index is 1070. The number of nitrogens with zero attached hydrogens (tertiary/aromatic N) is 4. The summed E-state index contributed by atoms with van der Waals surface area (Å²) in [4.78, 5) is 33.3. The van der Waals surface area contributed by atoms with Crippen LogP contribution in [0.1, 0.15) is 39.2 Å². The Morgan fingerprint density at radius 2 is 1.93 bits per heavy atom. The molecular weight excluding hydrogens is 356 g/mol. The van der Waals surface area contributed by atoms with Crippen molar-refractivity contribution < 1.29 is 4.79 Å². The summed E-state index contributed by atoms with van der Waals surface area (Å²) in [5.74, 6) is 0.582. The van der Waals surface area contributed by atoms with Crippen LogP contribution in [-0.2, 0) is 16.9 Å². The molecule has 0 bridgehead atoms. The molecule has 3 aromatic rings. The van der Waals surface area contributed by atoms with Gasteiger partial charge in [0, 0.05) is 25.2 Å². The van der Waals surface area contributed by atoms with E-state index in [0.717, 1.165) is 24.2 Å². The molecule has 1 aliphatic rings. The fourth-order valence-corrected chi connectivity index (χ4v) is 3.39. The number of benzene rings is 1. The highest BCUT2D eigenvalue weighted by molar-refractivity contribution is 5.95. The minimum absolute atomic E-state index is 0.177. The van der Waals surface area contributed by atoms with E-state index < -0.39 is 0 Å². The predicted octanol–water partition coefficient (Wildman–Crippen LogP) is 2.61. The van der Waals surface area contributed by atoms with Crippen molar-refractivity contribution in [2.24, 2.45) is 0 Å². The van der Waals surface area contributed by atoms with Crippen molar-refractivity contribution in [2.45, 2.75) is 45.7 Å². The van der Waals surface area contributed by atoms with Crippen LogP contribution < -0.4 is 15.8 Å². The second-order valence-electron chi connectivity index (χ2n) is 8.05. The van der Waals surface area contributed by atoms with E-state index in [2.05, 4.69) is 20.4 Å². The number of rotatable bonds is 4. The monoisotopic (exact) mass is 380 g/mol. The number of carbonyl (C=O) groups excluding carboxylic acids is 1. The lowest BCUT2D eigenvalue weighted by Crippen LogP contribution is -2.24. The van der Waals surface area contributed by atoms with Gasteiger partial charge in [0.05, 0.1) is 11.7 Å². The molecule has 1 fully saturated rings. The summed E-state index contributed by atoms with van der Waals surface area (Å²) in [7, 11) is 0. The average molecular weight is 380 g/mol. The fourth-order valence-electron chi connectivity index (χ4n) is 3.39. The molecule has 1 aliphatic heterocycles. The average Bonchev–Trinajstić information content (AvgIpc) is 3.26. The zero-order valence-electron chi connectivity index (χ0n) is 16.3. The van der Waals surface area contributed by atoms with E-state index in [4.69, 9.17) is 0 Å². The van der Waals surface area contributed by atoms with Crippen molar-refractivity contribution >= 4 is 28.6 Å². The molecular formula is C20H24N6O2. The molecule has 4 rings (SSSR count). The highest BCUT2D eigenvalue weighted by Crippen LogP contribution is 2.22. The molecule has 0 atom stereocenters. The van der Waals surface area contributed by atoms with Crippen LogP contribution in [0.5, 0.6) is 0 Å². The molecule has 0 aliphatic carbocycles. The van der Waals surface area contributed by atoms with Gasteiger partial charge in [0.15, 0.2) is 5.65 Å². The lowest BCUT2D eigenvalue weighted by atomic mass is 10.1. The number of H-pyrrole nitrogens is 1. The summed E-state index contributed by atoms with van der Waals surface area (Å²) >= 11 is 0. The number of nitrogens with one attached hydrogen (secondary N) is 2. The number of hydrogen-bond acceptors (Lipinski definition) is 5. The molecule has 1 saturated heterocycles. The van der Waals surface area contributed by atoms with Crippen LogP contribution in [0.25, 0.3) is 11.0 Å². The molecule has 1 amide bonds. The first-order valence-electron chi connectivity index (χ1n) is 9.45. The standard InChI is InChI=1S/C20H24N6O2/c1-20(2,3)26-17-15(12-22-26)18(28)24-19(23-17)21-11-13-6-8-14(9-7-13)25-10-4-5-16(25)27/h6-9,12H,4-5,10-11H2,1-3H3,(H2,21,23,24,28). The van der Waals surface area contributed by atoms with Crippen LogP contribution in [-0.4, -0.2) is 32.2 Å². The predicted molar refractivity (Wildman–Crippen MR) is 109 cm³/mol. The third kappa shape index (κ3) is 3.37. The van der Waals surface area contributed by atoms with Gasteiger partial charge in [-0.3, -0.25) is 14.6 Å². The zero-order chi connectivity index (χ0) is 19.9. The Morgan fingerprint density at radius 1 is 1.18 bits per heavy atom. The van der Waals surface area contributed by atoms with Gasteiger partial charge in [-0.25, -0.2) is 4.68 Å². The molecule has 2 N–H and O–H groups in total. The maximum atomic E-state index is 12.3. The van der Waals surface area contributed by atoms with Crippen molar-refractivity contribution in [1.82, 2.24) is 19.7 Å². The molecule has 8 nitrogen and oxygen atoms in total. The number of carbonyl (C=O) groups is 1. The van der Waals surface area contributed by atoms with Gasteiger partial charge >= 0.3 is 0 Å². The van der Waals surface area contributed by atoms with E-state index in [-0.39, 0.29) is 17.0 Å².